The SMILES string of the molecule is Cn1c(COc2cc(Cl)c(C#N)cc2-c2cccc(-c3cc[nH]n3)c2)n[nH]c1=O. The highest BCUT2D eigenvalue weighted by Crippen LogP contribution is 2.36. The van der Waals surface area contributed by atoms with Gasteiger partial charge in [-0.3, -0.25) is 9.67 Å². The first-order valence-electron chi connectivity index (χ1n) is 8.64. The lowest BCUT2D eigenvalue weighted by Crippen LogP contribution is -2.15. The number of nitriles is 1. The third kappa shape index (κ3) is 3.63. The van der Waals surface area contributed by atoms with Crippen molar-refractivity contribution in [2.24, 2.45) is 7.05 Å². The molecule has 2 heterocycles. The Labute approximate surface area is 170 Å². The first-order valence-corrected chi connectivity index (χ1v) is 9.02. The number of ether oxygens (including phenoxy) is 1. The van der Waals surface area contributed by atoms with Crippen molar-refractivity contribution in [3.8, 4) is 34.2 Å². The molecule has 2 aromatic carbocycles. The third-order valence-corrected chi connectivity index (χ3v) is 4.80. The monoisotopic (exact) mass is 406 g/mol. The molecule has 0 bridgehead atoms. The summed E-state index contributed by atoms with van der Waals surface area (Å²) >= 11 is 6.22. The second-order valence-corrected chi connectivity index (χ2v) is 6.68. The van der Waals surface area contributed by atoms with Gasteiger partial charge in [-0.1, -0.05) is 29.8 Å². The normalized spacial score (nSPS) is 10.7. The summed E-state index contributed by atoms with van der Waals surface area (Å²) in [6, 6.07) is 15.0. The molecule has 9 heteroatoms. The molecule has 144 valence electrons. The minimum atomic E-state index is -0.326. The summed E-state index contributed by atoms with van der Waals surface area (Å²) < 4.78 is 7.29. The van der Waals surface area contributed by atoms with Crippen LogP contribution in [-0.4, -0.2) is 25.0 Å². The van der Waals surface area contributed by atoms with Gasteiger partial charge in [-0.15, -0.1) is 0 Å². The van der Waals surface area contributed by atoms with E-state index in [2.05, 4.69) is 26.5 Å². The van der Waals surface area contributed by atoms with E-state index in [1.54, 1.807) is 25.4 Å². The first kappa shape index (κ1) is 18.5. The van der Waals surface area contributed by atoms with Gasteiger partial charge >= 0.3 is 5.69 Å². The molecule has 29 heavy (non-hydrogen) atoms. The molecule has 8 nitrogen and oxygen atoms in total. The van der Waals surface area contributed by atoms with Gasteiger partial charge in [0.2, 0.25) is 0 Å². The minimum Gasteiger partial charge on any atom is -0.485 e. The zero-order valence-corrected chi connectivity index (χ0v) is 16.1. The Balaban J connectivity index is 1.76. The largest absolute Gasteiger partial charge is 0.485 e. The molecular formula is C20H15ClN6O2. The Morgan fingerprint density at radius 2 is 2.03 bits per heavy atom. The average molecular weight is 407 g/mol. The van der Waals surface area contributed by atoms with E-state index in [0.29, 0.717) is 22.7 Å². The van der Waals surface area contributed by atoms with Crippen LogP contribution in [0, 0.1) is 11.3 Å². The van der Waals surface area contributed by atoms with E-state index < -0.39 is 0 Å². The number of hydrogen-bond donors (Lipinski definition) is 2. The quantitative estimate of drug-likeness (QED) is 0.528. The summed E-state index contributed by atoms with van der Waals surface area (Å²) in [7, 11) is 1.60. The molecule has 2 aromatic heterocycles. The zero-order chi connectivity index (χ0) is 20.4. The van der Waals surface area contributed by atoms with Crippen LogP contribution in [0.2, 0.25) is 5.02 Å². The van der Waals surface area contributed by atoms with Crippen molar-refractivity contribution in [1.29, 1.82) is 5.26 Å². The van der Waals surface area contributed by atoms with Crippen LogP contribution in [0.3, 0.4) is 0 Å². The van der Waals surface area contributed by atoms with E-state index in [1.807, 2.05) is 30.3 Å². The highest BCUT2D eigenvalue weighted by molar-refractivity contribution is 6.32. The molecule has 4 rings (SSSR count). The minimum absolute atomic E-state index is 0.0591. The van der Waals surface area contributed by atoms with Crippen molar-refractivity contribution in [3.05, 3.63) is 75.6 Å². The van der Waals surface area contributed by atoms with Gasteiger partial charge in [0, 0.05) is 30.4 Å². The Bertz CT molecular complexity index is 1270. The number of rotatable bonds is 5. The maximum absolute atomic E-state index is 11.6. The first-order chi connectivity index (χ1) is 14.1. The van der Waals surface area contributed by atoms with E-state index in [1.165, 1.54) is 4.57 Å². The van der Waals surface area contributed by atoms with Gasteiger partial charge in [0.05, 0.1) is 16.3 Å². The molecule has 0 aliphatic carbocycles. The van der Waals surface area contributed by atoms with Crippen LogP contribution in [0.4, 0.5) is 0 Å². The third-order valence-electron chi connectivity index (χ3n) is 4.49. The molecule has 0 radical (unpaired) electrons. The highest BCUT2D eigenvalue weighted by atomic mass is 35.5. The molecule has 0 saturated heterocycles. The Kier molecular flexibility index (Phi) is 4.89. The number of aromatic amines is 2. The standard InChI is InChI=1S/C20H15ClN6O2/c1-27-19(25-26-20(27)28)11-29-18-9-16(21)14(10-22)8-15(18)12-3-2-4-13(7-12)17-5-6-23-24-17/h2-9H,11H2,1H3,(H,23,24)(H,26,28). The van der Waals surface area contributed by atoms with Gasteiger partial charge in [0.1, 0.15) is 18.4 Å². The molecule has 0 amide bonds. The molecular weight excluding hydrogens is 392 g/mol. The van der Waals surface area contributed by atoms with Crippen LogP contribution in [0.5, 0.6) is 5.75 Å². The molecule has 0 aliphatic heterocycles. The van der Waals surface area contributed by atoms with Crippen molar-refractivity contribution in [2.45, 2.75) is 6.61 Å². The van der Waals surface area contributed by atoms with Gasteiger partial charge in [-0.05, 0) is 23.8 Å². The Hall–Kier alpha value is -3.83. The lowest BCUT2D eigenvalue weighted by molar-refractivity contribution is 0.292. The maximum atomic E-state index is 11.6. The van der Waals surface area contributed by atoms with E-state index >= 15 is 0 Å². The Morgan fingerprint density at radius 3 is 2.72 bits per heavy atom. The number of hydrogen-bond acceptors (Lipinski definition) is 5. The van der Waals surface area contributed by atoms with Crippen LogP contribution in [0.1, 0.15) is 11.4 Å². The summed E-state index contributed by atoms with van der Waals surface area (Å²) in [4.78, 5) is 11.6. The molecule has 0 fully saturated rings. The van der Waals surface area contributed by atoms with Crippen LogP contribution in [0.25, 0.3) is 22.4 Å². The van der Waals surface area contributed by atoms with Crippen LogP contribution in [-0.2, 0) is 13.7 Å². The van der Waals surface area contributed by atoms with Gasteiger partial charge in [-0.25, -0.2) is 9.89 Å². The topological polar surface area (TPSA) is 112 Å². The molecule has 0 spiro atoms. The number of aromatic nitrogens is 5. The van der Waals surface area contributed by atoms with Gasteiger partial charge < -0.3 is 4.74 Å². The van der Waals surface area contributed by atoms with E-state index in [9.17, 15) is 10.1 Å². The second kappa shape index (κ2) is 7.66. The fourth-order valence-electron chi connectivity index (χ4n) is 2.90. The lowest BCUT2D eigenvalue weighted by Gasteiger charge is -2.13. The number of nitrogens with one attached hydrogen (secondary N) is 2. The number of halogens is 1. The van der Waals surface area contributed by atoms with Crippen molar-refractivity contribution in [3.63, 3.8) is 0 Å². The molecule has 4 aromatic rings. The zero-order valence-electron chi connectivity index (χ0n) is 15.3. The van der Waals surface area contributed by atoms with Crippen LogP contribution in [0.15, 0.2) is 53.5 Å². The summed E-state index contributed by atoms with van der Waals surface area (Å²) in [6.07, 6.45) is 1.75. The highest BCUT2D eigenvalue weighted by Gasteiger charge is 2.14. The molecule has 0 atom stereocenters. The maximum Gasteiger partial charge on any atom is 0.343 e. The molecule has 0 saturated carbocycles. The molecule has 0 unspecified atom stereocenters. The summed E-state index contributed by atoms with van der Waals surface area (Å²) in [5.74, 6) is 0.912. The van der Waals surface area contributed by atoms with Crippen LogP contribution < -0.4 is 10.4 Å². The van der Waals surface area contributed by atoms with Crippen molar-refractivity contribution < 1.29 is 4.74 Å². The van der Waals surface area contributed by atoms with Gasteiger partial charge in [0.15, 0.2) is 5.82 Å². The summed E-state index contributed by atoms with van der Waals surface area (Å²) in [5, 5.41) is 23.0. The molecule has 0 aliphatic rings. The smallest absolute Gasteiger partial charge is 0.343 e. The Morgan fingerprint density at radius 1 is 1.21 bits per heavy atom. The molecule has 2 N–H and O–H groups in total. The van der Waals surface area contributed by atoms with E-state index in [4.69, 9.17) is 16.3 Å². The lowest BCUT2D eigenvalue weighted by atomic mass is 9.99. The average Bonchev–Trinajstić information content (AvgIpc) is 3.38. The predicted octanol–water partition coefficient (Wildman–Crippen LogP) is 3.27. The van der Waals surface area contributed by atoms with E-state index in [0.717, 1.165) is 16.8 Å². The number of nitrogens with zero attached hydrogens (tertiary/aromatic N) is 4. The predicted molar refractivity (Wildman–Crippen MR) is 107 cm³/mol. The summed E-state index contributed by atoms with van der Waals surface area (Å²) in [6.45, 7) is 0.0591. The second-order valence-electron chi connectivity index (χ2n) is 6.27. The van der Waals surface area contributed by atoms with Gasteiger partial charge in [-0.2, -0.15) is 15.5 Å². The van der Waals surface area contributed by atoms with Crippen molar-refractivity contribution in [1.82, 2.24) is 25.0 Å². The fourth-order valence-corrected chi connectivity index (χ4v) is 3.10. The fraction of sp³-hybridized carbons (Fsp3) is 0.100. The van der Waals surface area contributed by atoms with Gasteiger partial charge in [0.25, 0.3) is 0 Å². The van der Waals surface area contributed by atoms with E-state index in [-0.39, 0.29) is 17.3 Å². The summed E-state index contributed by atoms with van der Waals surface area (Å²) in [5.41, 5.74) is 3.27. The number of H-pyrrole nitrogens is 2. The van der Waals surface area contributed by atoms with Crippen LogP contribution >= 0.6 is 11.6 Å². The van der Waals surface area contributed by atoms with Crippen molar-refractivity contribution >= 4 is 11.6 Å². The van der Waals surface area contributed by atoms with Crippen molar-refractivity contribution in [2.75, 3.05) is 0 Å². The number of benzene rings is 2.